The number of nitrogens with zero attached hydrogens (tertiary/aromatic N) is 2. The molecule has 1 saturated heterocycles. The third-order valence-electron chi connectivity index (χ3n) is 5.28. The molecule has 3 rings (SSSR count). The van der Waals surface area contributed by atoms with Crippen LogP contribution in [0.3, 0.4) is 0 Å². The third-order valence-corrected chi connectivity index (χ3v) is 5.28. The number of likely N-dealkylation sites (tertiary alicyclic amines) is 1. The third kappa shape index (κ3) is 4.39. The largest absolute Gasteiger partial charge is 0.507 e. The lowest BCUT2D eigenvalue weighted by Gasteiger charge is -2.26. The summed E-state index contributed by atoms with van der Waals surface area (Å²) in [6, 6.07) is 13.9. The van der Waals surface area contributed by atoms with Crippen molar-refractivity contribution in [2.24, 2.45) is 0 Å². The SMILES string of the molecule is COc1cccc([C@H]2/C(=C(\O)c3ccc(C)cc3)C(=O)C(=O)N2CCCN(C)C)c1. The Kier molecular flexibility index (Phi) is 6.57. The number of amides is 1. The molecule has 6 nitrogen and oxygen atoms in total. The monoisotopic (exact) mass is 408 g/mol. The quantitative estimate of drug-likeness (QED) is 0.432. The van der Waals surface area contributed by atoms with Gasteiger partial charge < -0.3 is 19.6 Å². The van der Waals surface area contributed by atoms with Gasteiger partial charge in [-0.25, -0.2) is 0 Å². The lowest BCUT2D eigenvalue weighted by Crippen LogP contribution is -2.32. The molecule has 1 fully saturated rings. The van der Waals surface area contributed by atoms with Crippen molar-refractivity contribution in [3.63, 3.8) is 0 Å². The first kappa shape index (κ1) is 21.6. The highest BCUT2D eigenvalue weighted by Gasteiger charge is 2.45. The van der Waals surface area contributed by atoms with E-state index in [0.717, 1.165) is 17.7 Å². The van der Waals surface area contributed by atoms with Crippen LogP contribution < -0.4 is 4.74 Å². The van der Waals surface area contributed by atoms with Gasteiger partial charge in [-0.2, -0.15) is 0 Å². The number of aryl methyl sites for hydroxylation is 1. The minimum atomic E-state index is -0.663. The Hall–Kier alpha value is -3.12. The summed E-state index contributed by atoms with van der Waals surface area (Å²) in [6.07, 6.45) is 0.713. The fourth-order valence-corrected chi connectivity index (χ4v) is 3.69. The highest BCUT2D eigenvalue weighted by Crippen LogP contribution is 2.40. The van der Waals surface area contributed by atoms with Crippen molar-refractivity contribution in [2.45, 2.75) is 19.4 Å². The van der Waals surface area contributed by atoms with Crippen LogP contribution in [0.15, 0.2) is 54.1 Å². The minimum Gasteiger partial charge on any atom is -0.507 e. The first-order valence-electron chi connectivity index (χ1n) is 9.97. The van der Waals surface area contributed by atoms with Gasteiger partial charge in [0.25, 0.3) is 11.7 Å². The summed E-state index contributed by atoms with van der Waals surface area (Å²) in [5.74, 6) is -0.779. The van der Waals surface area contributed by atoms with Gasteiger partial charge in [0.1, 0.15) is 11.5 Å². The molecule has 0 radical (unpaired) electrons. The van der Waals surface area contributed by atoms with Crippen molar-refractivity contribution >= 4 is 17.4 Å². The van der Waals surface area contributed by atoms with Gasteiger partial charge in [0, 0.05) is 12.1 Å². The van der Waals surface area contributed by atoms with Gasteiger partial charge in [0.05, 0.1) is 18.7 Å². The molecule has 1 N–H and O–H groups in total. The van der Waals surface area contributed by atoms with Crippen molar-refractivity contribution in [3.05, 3.63) is 70.8 Å². The number of methoxy groups -OCH3 is 1. The zero-order chi connectivity index (χ0) is 21.8. The first-order chi connectivity index (χ1) is 14.3. The lowest BCUT2D eigenvalue weighted by atomic mass is 9.95. The Labute approximate surface area is 177 Å². The highest BCUT2D eigenvalue weighted by molar-refractivity contribution is 6.46. The molecule has 1 aliphatic heterocycles. The number of Topliss-reactive ketones (excluding diaryl/α,β-unsaturated/α-hetero) is 1. The zero-order valence-corrected chi connectivity index (χ0v) is 17.9. The van der Waals surface area contributed by atoms with Crippen LogP contribution >= 0.6 is 0 Å². The van der Waals surface area contributed by atoms with Crippen LogP contribution in [-0.4, -0.2) is 60.9 Å². The maximum absolute atomic E-state index is 13.0. The van der Waals surface area contributed by atoms with Crippen LogP contribution in [0.2, 0.25) is 0 Å². The second-order valence-corrected chi connectivity index (χ2v) is 7.79. The van der Waals surface area contributed by atoms with E-state index >= 15 is 0 Å². The van der Waals surface area contributed by atoms with E-state index in [-0.39, 0.29) is 11.3 Å². The number of aliphatic hydroxyl groups is 1. The van der Waals surface area contributed by atoms with Crippen LogP contribution in [0.5, 0.6) is 5.75 Å². The molecule has 6 heteroatoms. The van der Waals surface area contributed by atoms with Gasteiger partial charge in [-0.15, -0.1) is 0 Å². The molecule has 0 aliphatic carbocycles. The van der Waals surface area contributed by atoms with E-state index in [1.165, 1.54) is 0 Å². The van der Waals surface area contributed by atoms with E-state index in [1.807, 2.05) is 56.3 Å². The highest BCUT2D eigenvalue weighted by atomic mass is 16.5. The molecule has 30 heavy (non-hydrogen) atoms. The maximum Gasteiger partial charge on any atom is 0.295 e. The molecule has 2 aromatic carbocycles. The Morgan fingerprint density at radius 1 is 1.13 bits per heavy atom. The van der Waals surface area contributed by atoms with Gasteiger partial charge in [-0.05, 0) is 51.7 Å². The summed E-state index contributed by atoms with van der Waals surface area (Å²) in [5.41, 5.74) is 2.40. The van der Waals surface area contributed by atoms with Crippen molar-refractivity contribution in [1.82, 2.24) is 9.80 Å². The predicted octanol–water partition coefficient (Wildman–Crippen LogP) is 3.38. The summed E-state index contributed by atoms with van der Waals surface area (Å²) in [6.45, 7) is 3.14. The van der Waals surface area contributed by atoms with Crippen LogP contribution in [0.25, 0.3) is 5.76 Å². The van der Waals surface area contributed by atoms with E-state index in [1.54, 1.807) is 30.2 Å². The molecule has 0 spiro atoms. The maximum atomic E-state index is 13.0. The van der Waals surface area contributed by atoms with Crippen LogP contribution in [0.1, 0.15) is 29.2 Å². The number of carbonyl (C=O) groups is 2. The number of aliphatic hydroxyl groups excluding tert-OH is 1. The molecule has 0 aromatic heterocycles. The van der Waals surface area contributed by atoms with Crippen LogP contribution in [0, 0.1) is 6.92 Å². The summed E-state index contributed by atoms with van der Waals surface area (Å²) >= 11 is 0. The molecular formula is C24H28N2O4. The van der Waals surface area contributed by atoms with E-state index in [4.69, 9.17) is 4.74 Å². The van der Waals surface area contributed by atoms with E-state index in [2.05, 4.69) is 0 Å². The topological polar surface area (TPSA) is 70.1 Å². The van der Waals surface area contributed by atoms with Gasteiger partial charge in [-0.3, -0.25) is 9.59 Å². The van der Waals surface area contributed by atoms with Crippen molar-refractivity contribution in [1.29, 1.82) is 0 Å². The first-order valence-corrected chi connectivity index (χ1v) is 9.97. The molecule has 158 valence electrons. The average Bonchev–Trinajstić information content (AvgIpc) is 2.98. The van der Waals surface area contributed by atoms with Crippen LogP contribution in [0.4, 0.5) is 0 Å². The second-order valence-electron chi connectivity index (χ2n) is 7.79. The number of carbonyl (C=O) groups excluding carboxylic acids is 2. The fraction of sp³-hybridized carbons (Fsp3) is 0.333. The average molecular weight is 408 g/mol. The molecule has 2 aromatic rings. The Balaban J connectivity index is 2.10. The van der Waals surface area contributed by atoms with Gasteiger partial charge >= 0.3 is 0 Å². The molecule has 0 bridgehead atoms. The second kappa shape index (κ2) is 9.13. The molecule has 0 saturated carbocycles. The van der Waals surface area contributed by atoms with E-state index < -0.39 is 17.7 Å². The van der Waals surface area contributed by atoms with Crippen molar-refractivity contribution in [3.8, 4) is 5.75 Å². The number of ketones is 1. The van der Waals surface area contributed by atoms with Gasteiger partial charge in [0.2, 0.25) is 0 Å². The molecule has 0 unspecified atom stereocenters. The number of benzene rings is 2. The van der Waals surface area contributed by atoms with Gasteiger partial charge in [-0.1, -0.05) is 42.0 Å². The molecule has 1 amide bonds. The number of hydrogen-bond acceptors (Lipinski definition) is 5. The lowest BCUT2D eigenvalue weighted by molar-refractivity contribution is -0.139. The number of ether oxygens (including phenoxy) is 1. The minimum absolute atomic E-state index is 0.113. The Bertz CT molecular complexity index is 963. The smallest absolute Gasteiger partial charge is 0.295 e. The summed E-state index contributed by atoms with van der Waals surface area (Å²) < 4.78 is 5.34. The fourth-order valence-electron chi connectivity index (χ4n) is 3.69. The molecule has 1 atom stereocenters. The van der Waals surface area contributed by atoms with E-state index in [9.17, 15) is 14.7 Å². The van der Waals surface area contributed by atoms with Crippen molar-refractivity contribution < 1.29 is 19.4 Å². The summed E-state index contributed by atoms with van der Waals surface area (Å²) in [5, 5.41) is 11.0. The van der Waals surface area contributed by atoms with Crippen molar-refractivity contribution in [2.75, 3.05) is 34.3 Å². The zero-order valence-electron chi connectivity index (χ0n) is 17.9. The van der Waals surface area contributed by atoms with Gasteiger partial charge in [0.15, 0.2) is 0 Å². The number of rotatable bonds is 7. The Morgan fingerprint density at radius 3 is 2.47 bits per heavy atom. The standard InChI is InChI=1S/C24H28N2O4/c1-16-9-11-17(12-10-16)22(27)20-21(18-7-5-8-19(15-18)30-4)26(24(29)23(20)28)14-6-13-25(2)3/h5,7-12,15,21,27H,6,13-14H2,1-4H3/b22-20+/t21-/m0/s1. The number of hydrogen-bond donors (Lipinski definition) is 1. The molecule has 1 heterocycles. The predicted molar refractivity (Wildman–Crippen MR) is 116 cm³/mol. The normalized spacial score (nSPS) is 18.3. The van der Waals surface area contributed by atoms with Crippen LogP contribution in [-0.2, 0) is 9.59 Å². The molecule has 1 aliphatic rings. The van der Waals surface area contributed by atoms with E-state index in [0.29, 0.717) is 24.3 Å². The summed E-state index contributed by atoms with van der Waals surface area (Å²) in [7, 11) is 5.50. The summed E-state index contributed by atoms with van der Waals surface area (Å²) in [4.78, 5) is 29.5. The molecular weight excluding hydrogens is 380 g/mol. The Morgan fingerprint density at radius 2 is 1.83 bits per heavy atom.